The predicted molar refractivity (Wildman–Crippen MR) is 142 cm³/mol. The van der Waals surface area contributed by atoms with Gasteiger partial charge in [-0.15, -0.1) is 10.2 Å². The van der Waals surface area contributed by atoms with Gasteiger partial charge in [0, 0.05) is 5.69 Å². The molecule has 0 aliphatic heterocycles. The molecule has 9 heteroatoms. The van der Waals surface area contributed by atoms with Gasteiger partial charge in [0.1, 0.15) is 0 Å². The Balaban J connectivity index is 1.35. The van der Waals surface area contributed by atoms with Crippen LogP contribution in [0.15, 0.2) is 106 Å². The third-order valence-corrected chi connectivity index (χ3v) is 9.60. The summed E-state index contributed by atoms with van der Waals surface area (Å²) in [7, 11) is -3.73. The standard InChI is InChI=1S/C26H20N4O2S3/c31-35(32,19-13-5-2-6-14-19)30-23-20-15-7-9-17-10-8-16-21(22(17)20)24(23)33-26-29-28-25(34-26)27-18-11-3-1-4-12-18/h1-16,23-24,30H,(H,27,28)/t23-,24-/m1/s1. The number of hydrogen-bond acceptors (Lipinski definition) is 7. The molecule has 6 rings (SSSR count). The van der Waals surface area contributed by atoms with Gasteiger partial charge in [0.05, 0.1) is 16.2 Å². The van der Waals surface area contributed by atoms with Crippen LogP contribution >= 0.6 is 23.1 Å². The highest BCUT2D eigenvalue weighted by Crippen LogP contribution is 2.54. The highest BCUT2D eigenvalue weighted by molar-refractivity contribution is 8.01. The fourth-order valence-corrected chi connectivity index (χ4v) is 7.94. The Hall–Kier alpha value is -3.24. The topological polar surface area (TPSA) is 84.0 Å². The first-order valence-electron chi connectivity index (χ1n) is 11.0. The van der Waals surface area contributed by atoms with Gasteiger partial charge in [0.25, 0.3) is 0 Å². The molecule has 1 aliphatic carbocycles. The van der Waals surface area contributed by atoms with Gasteiger partial charge in [-0.3, -0.25) is 0 Å². The Labute approximate surface area is 211 Å². The average molecular weight is 517 g/mol. The lowest BCUT2D eigenvalue weighted by atomic mass is 10.1. The molecule has 4 aromatic carbocycles. The fourth-order valence-electron chi connectivity index (χ4n) is 4.39. The van der Waals surface area contributed by atoms with Crippen molar-refractivity contribution in [2.45, 2.75) is 20.5 Å². The molecule has 0 radical (unpaired) electrons. The van der Waals surface area contributed by atoms with Gasteiger partial charge < -0.3 is 5.32 Å². The van der Waals surface area contributed by atoms with Crippen LogP contribution in [0, 0.1) is 0 Å². The Morgan fingerprint density at radius 1 is 0.771 bits per heavy atom. The number of rotatable bonds is 7. The maximum Gasteiger partial charge on any atom is 0.241 e. The molecule has 0 spiro atoms. The van der Waals surface area contributed by atoms with E-state index in [1.807, 2.05) is 48.5 Å². The highest BCUT2D eigenvalue weighted by atomic mass is 32.2. The monoisotopic (exact) mass is 516 g/mol. The summed E-state index contributed by atoms with van der Waals surface area (Å²) in [5, 5.41) is 14.6. The lowest BCUT2D eigenvalue weighted by molar-refractivity contribution is 0.557. The lowest BCUT2D eigenvalue weighted by Crippen LogP contribution is -2.29. The molecule has 0 bridgehead atoms. The van der Waals surface area contributed by atoms with Crippen molar-refractivity contribution in [3.8, 4) is 0 Å². The van der Waals surface area contributed by atoms with Crippen molar-refractivity contribution in [3.63, 3.8) is 0 Å². The number of sulfonamides is 1. The van der Waals surface area contributed by atoms with E-state index in [9.17, 15) is 8.42 Å². The quantitative estimate of drug-likeness (QED) is 0.264. The first-order chi connectivity index (χ1) is 17.1. The molecule has 0 unspecified atom stereocenters. The summed E-state index contributed by atoms with van der Waals surface area (Å²) < 4.78 is 30.4. The number of nitrogens with one attached hydrogen (secondary N) is 2. The number of para-hydroxylation sites is 1. The van der Waals surface area contributed by atoms with Crippen LogP contribution < -0.4 is 10.0 Å². The van der Waals surface area contributed by atoms with Gasteiger partial charge >= 0.3 is 0 Å². The molecule has 5 aromatic rings. The van der Waals surface area contributed by atoms with Crippen molar-refractivity contribution in [1.82, 2.24) is 14.9 Å². The van der Waals surface area contributed by atoms with E-state index < -0.39 is 16.1 Å². The van der Waals surface area contributed by atoms with Crippen molar-refractivity contribution >= 4 is 54.7 Å². The molecule has 0 saturated heterocycles. The molecule has 174 valence electrons. The zero-order valence-electron chi connectivity index (χ0n) is 18.3. The zero-order valence-corrected chi connectivity index (χ0v) is 20.8. The molecule has 1 heterocycles. The average Bonchev–Trinajstić information content (AvgIpc) is 3.44. The summed E-state index contributed by atoms with van der Waals surface area (Å²) in [6.45, 7) is 0. The molecule has 1 aliphatic rings. The van der Waals surface area contributed by atoms with Gasteiger partial charge in [-0.2, -0.15) is 0 Å². The second-order valence-electron chi connectivity index (χ2n) is 8.11. The Kier molecular flexibility index (Phi) is 5.77. The number of aromatic nitrogens is 2. The van der Waals surface area contributed by atoms with Crippen molar-refractivity contribution in [3.05, 3.63) is 108 Å². The van der Waals surface area contributed by atoms with Crippen LogP contribution in [0.2, 0.25) is 0 Å². The van der Waals surface area contributed by atoms with Gasteiger partial charge in [-0.1, -0.05) is 95.9 Å². The lowest BCUT2D eigenvalue weighted by Gasteiger charge is -2.22. The van der Waals surface area contributed by atoms with Gasteiger partial charge in [-0.25, -0.2) is 13.1 Å². The van der Waals surface area contributed by atoms with Crippen LogP contribution in [-0.2, 0) is 10.0 Å². The predicted octanol–water partition coefficient (Wildman–Crippen LogP) is 6.30. The molecule has 1 aromatic heterocycles. The number of anilines is 2. The Morgan fingerprint density at radius 3 is 2.20 bits per heavy atom. The summed E-state index contributed by atoms with van der Waals surface area (Å²) in [6.07, 6.45) is 0. The minimum absolute atomic E-state index is 0.188. The third kappa shape index (κ3) is 4.32. The largest absolute Gasteiger partial charge is 0.330 e. The molecule has 0 saturated carbocycles. The number of hydrogen-bond donors (Lipinski definition) is 2. The van der Waals surface area contributed by atoms with Crippen molar-refractivity contribution in [2.24, 2.45) is 0 Å². The van der Waals surface area contributed by atoms with E-state index in [0.717, 1.165) is 31.9 Å². The van der Waals surface area contributed by atoms with E-state index in [1.165, 1.54) is 23.1 Å². The van der Waals surface area contributed by atoms with Crippen molar-refractivity contribution < 1.29 is 8.42 Å². The Bertz CT molecular complexity index is 1600. The van der Waals surface area contributed by atoms with Crippen LogP contribution in [0.3, 0.4) is 0 Å². The van der Waals surface area contributed by atoms with Crippen molar-refractivity contribution in [2.75, 3.05) is 5.32 Å². The molecule has 2 N–H and O–H groups in total. The minimum atomic E-state index is -3.73. The van der Waals surface area contributed by atoms with E-state index in [0.29, 0.717) is 5.13 Å². The van der Waals surface area contributed by atoms with E-state index >= 15 is 0 Å². The molecule has 2 atom stereocenters. The van der Waals surface area contributed by atoms with Crippen LogP contribution in [0.5, 0.6) is 0 Å². The maximum absolute atomic E-state index is 13.3. The van der Waals surface area contributed by atoms with E-state index in [4.69, 9.17) is 0 Å². The number of nitrogens with zero attached hydrogens (tertiary/aromatic N) is 2. The van der Waals surface area contributed by atoms with E-state index in [-0.39, 0.29) is 10.1 Å². The van der Waals surface area contributed by atoms with Crippen LogP contribution in [0.4, 0.5) is 10.8 Å². The van der Waals surface area contributed by atoms with Gasteiger partial charge in [0.2, 0.25) is 15.2 Å². The number of thioether (sulfide) groups is 1. The minimum Gasteiger partial charge on any atom is -0.330 e. The highest BCUT2D eigenvalue weighted by Gasteiger charge is 2.38. The van der Waals surface area contributed by atoms with Crippen LogP contribution in [0.1, 0.15) is 22.4 Å². The smallest absolute Gasteiger partial charge is 0.241 e. The van der Waals surface area contributed by atoms with Crippen LogP contribution in [0.25, 0.3) is 10.8 Å². The Morgan fingerprint density at radius 2 is 1.46 bits per heavy atom. The molecular weight excluding hydrogens is 497 g/mol. The second kappa shape index (κ2) is 9.09. The van der Waals surface area contributed by atoms with Crippen molar-refractivity contribution in [1.29, 1.82) is 0 Å². The van der Waals surface area contributed by atoms with E-state index in [2.05, 4.69) is 38.4 Å². The molecule has 6 nitrogen and oxygen atoms in total. The number of benzene rings is 4. The molecule has 35 heavy (non-hydrogen) atoms. The summed E-state index contributed by atoms with van der Waals surface area (Å²) in [5.41, 5.74) is 3.01. The molecular formula is C26H20N4O2S3. The van der Waals surface area contributed by atoms with Gasteiger partial charge in [-0.05, 0) is 46.2 Å². The van der Waals surface area contributed by atoms with Gasteiger partial charge in [0.15, 0.2) is 4.34 Å². The second-order valence-corrected chi connectivity index (χ2v) is 12.2. The maximum atomic E-state index is 13.3. The summed E-state index contributed by atoms with van der Waals surface area (Å²) in [4.78, 5) is 0.247. The normalized spacial score (nSPS) is 17.0. The summed E-state index contributed by atoms with van der Waals surface area (Å²) in [5.74, 6) is 0. The molecule has 0 amide bonds. The van der Waals surface area contributed by atoms with E-state index in [1.54, 1.807) is 30.3 Å². The molecule has 0 fully saturated rings. The first-order valence-corrected chi connectivity index (χ1v) is 14.2. The summed E-state index contributed by atoms with van der Waals surface area (Å²) >= 11 is 2.99. The first kappa shape index (κ1) is 22.2. The fraction of sp³-hybridized carbons (Fsp3) is 0.0769. The van der Waals surface area contributed by atoms with Crippen LogP contribution in [-0.4, -0.2) is 18.6 Å². The zero-order chi connectivity index (χ0) is 23.8. The SMILES string of the molecule is O=S(=O)(N[C@@H]1c2cccc3cccc(c23)[C@H]1Sc1nnc(Nc2ccccc2)s1)c1ccccc1. The third-order valence-electron chi connectivity index (χ3n) is 5.91. The summed E-state index contributed by atoms with van der Waals surface area (Å²) in [6, 6.07) is 30.1.